The van der Waals surface area contributed by atoms with E-state index in [1.807, 2.05) is 0 Å². The molecule has 0 amide bonds. The summed E-state index contributed by atoms with van der Waals surface area (Å²) in [7, 11) is 3.34. The van der Waals surface area contributed by atoms with Gasteiger partial charge in [0.05, 0.1) is 9.85 Å². The predicted octanol–water partition coefficient (Wildman–Crippen LogP) is 2.75. The van der Waals surface area contributed by atoms with Crippen LogP contribution < -0.4 is 0 Å². The minimum atomic E-state index is -0.638. The highest BCUT2D eigenvalue weighted by Crippen LogP contribution is 2.39. The van der Waals surface area contributed by atoms with E-state index in [2.05, 4.69) is 0 Å². The Morgan fingerprint density at radius 3 is 1.95 bits per heavy atom. The van der Waals surface area contributed by atoms with Crippen LogP contribution in [-0.4, -0.2) is 33.2 Å². The summed E-state index contributed by atoms with van der Waals surface area (Å²) in [6, 6.07) is 2.60. The summed E-state index contributed by atoms with van der Waals surface area (Å²) in [6.07, 6.45) is 0. The second-order valence-corrected chi connectivity index (χ2v) is 5.55. The third-order valence-electron chi connectivity index (χ3n) is 2.14. The summed E-state index contributed by atoms with van der Waals surface area (Å²) in [5, 5.41) is 22.0. The maximum atomic E-state index is 11.0. The number of hydrogen-bond acceptors (Lipinski definition) is 6. The van der Waals surface area contributed by atoms with Crippen molar-refractivity contribution in [3.05, 3.63) is 37.9 Å². The molecule has 1 aromatic rings. The van der Waals surface area contributed by atoms with Gasteiger partial charge >= 0.3 is 0 Å². The highest BCUT2D eigenvalue weighted by atomic mass is 32.2. The Hall–Kier alpha value is -1.74. The average molecular weight is 301 g/mol. The molecule has 0 heterocycles. The Bertz CT molecular complexity index is 525. The van der Waals surface area contributed by atoms with Crippen LogP contribution in [0, 0.1) is 27.2 Å². The van der Waals surface area contributed by atoms with Crippen molar-refractivity contribution in [3.8, 4) is 0 Å². The van der Waals surface area contributed by atoms with Gasteiger partial charge in [0.25, 0.3) is 11.4 Å². The van der Waals surface area contributed by atoms with E-state index < -0.39 is 9.85 Å². The largest absolute Gasteiger partial charge is 0.363 e. The first-order chi connectivity index (χ1) is 8.73. The summed E-state index contributed by atoms with van der Waals surface area (Å²) >= 11 is 5.87. The van der Waals surface area contributed by atoms with E-state index in [1.54, 1.807) is 25.9 Å². The van der Waals surface area contributed by atoms with Gasteiger partial charge in [-0.1, -0.05) is 12.2 Å². The van der Waals surface area contributed by atoms with E-state index in [-0.39, 0.29) is 16.3 Å². The summed E-state index contributed by atoms with van der Waals surface area (Å²) in [5.74, 6) is 0. The summed E-state index contributed by atoms with van der Waals surface area (Å²) in [5.41, 5.74) is -0.152. The maximum Gasteiger partial charge on any atom is 0.290 e. The van der Waals surface area contributed by atoms with Crippen LogP contribution >= 0.6 is 24.0 Å². The highest BCUT2D eigenvalue weighted by Gasteiger charge is 2.27. The number of thiocarbonyl (C=S) groups is 1. The molecule has 102 valence electrons. The van der Waals surface area contributed by atoms with Crippen molar-refractivity contribution in [2.45, 2.75) is 11.8 Å². The Balaban J connectivity index is 3.43. The molecule has 0 aliphatic carbocycles. The van der Waals surface area contributed by atoms with Crippen LogP contribution in [0.3, 0.4) is 0 Å². The normalized spacial score (nSPS) is 10.1. The molecule has 7 nitrogen and oxygen atoms in total. The number of nitro groups is 2. The lowest BCUT2D eigenvalue weighted by atomic mass is 10.2. The van der Waals surface area contributed by atoms with Crippen molar-refractivity contribution < 1.29 is 9.85 Å². The van der Waals surface area contributed by atoms with Gasteiger partial charge in [0, 0.05) is 26.2 Å². The topological polar surface area (TPSA) is 89.5 Å². The average Bonchev–Trinajstić information content (AvgIpc) is 2.29. The fourth-order valence-electron chi connectivity index (χ4n) is 1.29. The molecule has 9 heteroatoms. The molecule has 1 rings (SSSR count). The zero-order valence-corrected chi connectivity index (χ0v) is 12.1. The number of nitrogens with zero attached hydrogens (tertiary/aromatic N) is 3. The van der Waals surface area contributed by atoms with Crippen LogP contribution in [0.15, 0.2) is 17.0 Å². The zero-order chi connectivity index (χ0) is 14.7. The zero-order valence-electron chi connectivity index (χ0n) is 10.4. The summed E-state index contributed by atoms with van der Waals surface area (Å²) in [6.45, 7) is 1.57. The van der Waals surface area contributed by atoms with Gasteiger partial charge in [-0.25, -0.2) is 0 Å². The molecule has 0 N–H and O–H groups in total. The summed E-state index contributed by atoms with van der Waals surface area (Å²) < 4.78 is 0.315. The number of thioether (sulfide) groups is 1. The lowest BCUT2D eigenvalue weighted by Crippen LogP contribution is -2.16. The van der Waals surface area contributed by atoms with E-state index in [1.165, 1.54) is 12.1 Å². The molecule has 1 aromatic carbocycles. The van der Waals surface area contributed by atoms with Crippen molar-refractivity contribution in [1.82, 2.24) is 4.90 Å². The van der Waals surface area contributed by atoms with E-state index in [9.17, 15) is 20.2 Å². The van der Waals surface area contributed by atoms with Gasteiger partial charge in [-0.2, -0.15) is 0 Å². The molecule has 0 radical (unpaired) electrons. The quantitative estimate of drug-likeness (QED) is 0.367. The van der Waals surface area contributed by atoms with Gasteiger partial charge in [-0.05, 0) is 24.2 Å². The lowest BCUT2D eigenvalue weighted by Gasteiger charge is -2.12. The maximum absolute atomic E-state index is 11.0. The monoisotopic (exact) mass is 301 g/mol. The molecule has 0 bridgehead atoms. The van der Waals surface area contributed by atoms with Crippen LogP contribution in [0.2, 0.25) is 0 Å². The molecule has 0 unspecified atom stereocenters. The number of hydrogen-bond donors (Lipinski definition) is 0. The third kappa shape index (κ3) is 3.61. The van der Waals surface area contributed by atoms with Gasteiger partial charge in [0.2, 0.25) is 0 Å². The standard InChI is InChI=1S/C10H11N3O4S2/c1-6-4-7(12(14)15)9(8(5-6)13(16)17)19-10(18)11(2)3/h4-5H,1-3H3. The molecular formula is C10H11N3O4S2. The van der Waals surface area contributed by atoms with Crippen molar-refractivity contribution in [2.24, 2.45) is 0 Å². The van der Waals surface area contributed by atoms with E-state index in [0.29, 0.717) is 9.88 Å². The number of nitro benzene ring substituents is 2. The van der Waals surface area contributed by atoms with Crippen molar-refractivity contribution in [1.29, 1.82) is 0 Å². The first-order valence-electron chi connectivity index (χ1n) is 5.06. The molecule has 0 spiro atoms. The minimum Gasteiger partial charge on any atom is -0.363 e. The Morgan fingerprint density at radius 1 is 1.21 bits per heavy atom. The molecule has 0 atom stereocenters. The summed E-state index contributed by atoms with van der Waals surface area (Å²) in [4.78, 5) is 22.3. The highest BCUT2D eigenvalue weighted by molar-refractivity contribution is 8.23. The minimum absolute atomic E-state index is 0.0423. The van der Waals surface area contributed by atoms with Crippen LogP contribution in [0.25, 0.3) is 0 Å². The molecule has 0 aromatic heterocycles. The fraction of sp³-hybridized carbons (Fsp3) is 0.300. The smallest absolute Gasteiger partial charge is 0.290 e. The second-order valence-electron chi connectivity index (χ2n) is 3.91. The molecule has 0 saturated heterocycles. The van der Waals surface area contributed by atoms with Gasteiger partial charge in [-0.15, -0.1) is 0 Å². The van der Waals surface area contributed by atoms with Crippen molar-refractivity contribution >= 4 is 39.7 Å². The van der Waals surface area contributed by atoms with Gasteiger partial charge in [-0.3, -0.25) is 20.2 Å². The van der Waals surface area contributed by atoms with Gasteiger partial charge in [0.15, 0.2) is 4.90 Å². The molecule has 0 saturated carbocycles. The van der Waals surface area contributed by atoms with Crippen LogP contribution in [0.4, 0.5) is 11.4 Å². The van der Waals surface area contributed by atoms with Gasteiger partial charge < -0.3 is 4.90 Å². The molecule has 19 heavy (non-hydrogen) atoms. The van der Waals surface area contributed by atoms with Crippen molar-refractivity contribution in [2.75, 3.05) is 14.1 Å². The van der Waals surface area contributed by atoms with E-state index in [4.69, 9.17) is 12.2 Å². The van der Waals surface area contributed by atoms with Crippen LogP contribution in [-0.2, 0) is 0 Å². The molecular weight excluding hydrogens is 290 g/mol. The van der Waals surface area contributed by atoms with Crippen LogP contribution in [0.5, 0.6) is 0 Å². The first kappa shape index (κ1) is 15.3. The van der Waals surface area contributed by atoms with Crippen molar-refractivity contribution in [3.63, 3.8) is 0 Å². The number of benzene rings is 1. The third-order valence-corrected chi connectivity index (χ3v) is 3.92. The Labute approximate surface area is 118 Å². The predicted molar refractivity (Wildman–Crippen MR) is 76.6 cm³/mol. The van der Waals surface area contributed by atoms with Crippen LogP contribution in [0.1, 0.15) is 5.56 Å². The second kappa shape index (κ2) is 5.93. The van der Waals surface area contributed by atoms with E-state index in [0.717, 1.165) is 11.8 Å². The SMILES string of the molecule is Cc1cc([N+](=O)[O-])c(SC(=S)N(C)C)c([N+](=O)[O-])c1. The molecule has 0 fully saturated rings. The lowest BCUT2D eigenvalue weighted by molar-refractivity contribution is -0.399. The fourth-order valence-corrected chi connectivity index (χ4v) is 2.37. The van der Waals surface area contributed by atoms with E-state index >= 15 is 0 Å². The molecule has 0 aliphatic heterocycles. The number of aryl methyl sites for hydroxylation is 1. The Morgan fingerprint density at radius 2 is 1.63 bits per heavy atom. The number of rotatable bonds is 3. The Kier molecular flexibility index (Phi) is 4.78. The molecule has 0 aliphatic rings. The van der Waals surface area contributed by atoms with Gasteiger partial charge in [0.1, 0.15) is 4.32 Å². The first-order valence-corrected chi connectivity index (χ1v) is 6.29.